The van der Waals surface area contributed by atoms with E-state index in [1.54, 1.807) is 22.7 Å². The Morgan fingerprint density at radius 3 is 2.57 bits per heavy atom. The van der Waals surface area contributed by atoms with Crippen LogP contribution in [0.5, 0.6) is 0 Å². The topological polar surface area (TPSA) is 85.7 Å². The molecule has 0 unspecified atom stereocenters. The van der Waals surface area contributed by atoms with Gasteiger partial charge in [-0.1, -0.05) is 13.0 Å². The van der Waals surface area contributed by atoms with Crippen molar-refractivity contribution < 1.29 is 14.0 Å². The highest BCUT2D eigenvalue weighted by molar-refractivity contribution is 5.98. The molecule has 0 atom stereocenters. The fraction of sp³-hybridized carbons (Fsp3) is 0.423. The van der Waals surface area contributed by atoms with Gasteiger partial charge >= 0.3 is 0 Å². The molecule has 200 valence electrons. The minimum absolute atomic E-state index is 0. The summed E-state index contributed by atoms with van der Waals surface area (Å²) in [6.07, 6.45) is 1.95. The first-order valence-corrected chi connectivity index (χ1v) is 12.2. The van der Waals surface area contributed by atoms with Crippen LogP contribution in [0.3, 0.4) is 0 Å². The number of carbonyl (C=O) groups excluding carboxylic acids is 2. The van der Waals surface area contributed by atoms with E-state index in [1.807, 2.05) is 44.2 Å². The van der Waals surface area contributed by atoms with Crippen molar-refractivity contribution in [1.29, 1.82) is 0 Å². The first-order chi connectivity index (χ1) is 17.3. The number of aromatic nitrogens is 2. The van der Waals surface area contributed by atoms with Crippen LogP contribution in [-0.4, -0.2) is 71.4 Å². The average molecular weight is 532 g/mol. The number of carbonyl (C=O) groups is 2. The molecule has 11 heteroatoms. The van der Waals surface area contributed by atoms with Gasteiger partial charge in [0.15, 0.2) is 0 Å². The molecular weight excluding hydrogens is 497 g/mol. The second-order valence-corrected chi connectivity index (χ2v) is 9.16. The first kappa shape index (κ1) is 28.5. The number of likely N-dealkylation sites (N-methyl/N-ethyl adjacent to an activating group) is 2. The number of hydrazine groups is 1. The Hall–Kier alpha value is -3.05. The number of nitrogens with one attached hydrogen (secondary N) is 2. The standard InChI is InChI=1S/C26H34FN7O2.ClH/c1-5-28-8-9-34(24-12-23-21(10-18(24)2)15-31(3)30-23)26(36)14-29-13-25(35)32(4)33-16-19-6-7-22(27)11-20(19)17-33;/h6-7,10-12,15,28-29H,5,8-9,13-14,16-17H2,1-4H3;1H. The zero-order chi connectivity index (χ0) is 25.8. The number of halogens is 2. The Morgan fingerprint density at radius 2 is 1.81 bits per heavy atom. The SMILES string of the molecule is CCNCCN(C(=O)CNCC(=O)N(C)N1Cc2ccc(F)cc2C1)c1cc2nn(C)cc2cc1C.Cl. The van der Waals surface area contributed by atoms with E-state index in [9.17, 15) is 14.0 Å². The Bertz CT molecular complexity index is 1270. The van der Waals surface area contributed by atoms with Crippen LogP contribution in [0.1, 0.15) is 23.6 Å². The molecule has 0 spiro atoms. The summed E-state index contributed by atoms with van der Waals surface area (Å²) in [5.41, 5.74) is 4.53. The molecule has 0 saturated heterocycles. The van der Waals surface area contributed by atoms with Gasteiger partial charge in [-0.25, -0.2) is 9.40 Å². The van der Waals surface area contributed by atoms with Gasteiger partial charge in [-0.3, -0.25) is 24.6 Å². The Morgan fingerprint density at radius 1 is 1.08 bits per heavy atom. The fourth-order valence-corrected chi connectivity index (χ4v) is 4.54. The zero-order valence-electron chi connectivity index (χ0n) is 21.8. The monoisotopic (exact) mass is 531 g/mol. The lowest BCUT2D eigenvalue weighted by Gasteiger charge is -2.28. The quantitative estimate of drug-likeness (QED) is 0.391. The number of benzene rings is 2. The lowest BCUT2D eigenvalue weighted by atomic mass is 10.1. The van der Waals surface area contributed by atoms with Crippen molar-refractivity contribution in [3.63, 3.8) is 0 Å². The van der Waals surface area contributed by atoms with Gasteiger partial charge in [-0.15, -0.1) is 12.4 Å². The van der Waals surface area contributed by atoms with Crippen LogP contribution in [0.4, 0.5) is 10.1 Å². The van der Waals surface area contributed by atoms with Crippen LogP contribution in [-0.2, 0) is 29.7 Å². The molecule has 2 N–H and O–H groups in total. The Balaban J connectivity index is 0.00000380. The van der Waals surface area contributed by atoms with Crippen molar-refractivity contribution in [3.8, 4) is 0 Å². The highest BCUT2D eigenvalue weighted by Crippen LogP contribution is 2.26. The van der Waals surface area contributed by atoms with Crippen molar-refractivity contribution in [3.05, 3.63) is 59.0 Å². The third kappa shape index (κ3) is 6.64. The number of hydrogen-bond acceptors (Lipinski definition) is 6. The summed E-state index contributed by atoms with van der Waals surface area (Å²) in [5, 5.41) is 15.2. The number of aryl methyl sites for hydroxylation is 2. The van der Waals surface area contributed by atoms with Gasteiger partial charge in [-0.2, -0.15) is 5.10 Å². The minimum Gasteiger partial charge on any atom is -0.315 e. The first-order valence-electron chi connectivity index (χ1n) is 12.2. The third-order valence-electron chi connectivity index (χ3n) is 6.50. The Kier molecular flexibility index (Phi) is 9.61. The van der Waals surface area contributed by atoms with Gasteiger partial charge in [0, 0.05) is 57.5 Å². The summed E-state index contributed by atoms with van der Waals surface area (Å²) in [4.78, 5) is 27.8. The second kappa shape index (κ2) is 12.5. The van der Waals surface area contributed by atoms with E-state index in [4.69, 9.17) is 0 Å². The van der Waals surface area contributed by atoms with Gasteiger partial charge in [0.25, 0.3) is 5.91 Å². The maximum atomic E-state index is 13.5. The number of hydrogen-bond donors (Lipinski definition) is 2. The van der Waals surface area contributed by atoms with E-state index in [0.717, 1.165) is 39.8 Å². The van der Waals surface area contributed by atoms with Crippen LogP contribution in [0.25, 0.3) is 10.9 Å². The molecule has 0 aliphatic carbocycles. The predicted octanol–water partition coefficient (Wildman–Crippen LogP) is 2.36. The second-order valence-electron chi connectivity index (χ2n) is 9.16. The number of amides is 2. The summed E-state index contributed by atoms with van der Waals surface area (Å²) >= 11 is 0. The maximum absolute atomic E-state index is 13.5. The minimum atomic E-state index is -0.277. The Labute approximate surface area is 223 Å². The maximum Gasteiger partial charge on any atom is 0.250 e. The van der Waals surface area contributed by atoms with E-state index in [0.29, 0.717) is 26.2 Å². The van der Waals surface area contributed by atoms with Crippen LogP contribution < -0.4 is 15.5 Å². The molecule has 9 nitrogen and oxygen atoms in total. The van der Waals surface area contributed by atoms with Crippen LogP contribution >= 0.6 is 12.4 Å². The van der Waals surface area contributed by atoms with Gasteiger partial charge in [0.1, 0.15) is 5.82 Å². The molecule has 1 aromatic heterocycles. The van der Waals surface area contributed by atoms with Crippen molar-refractivity contribution in [1.82, 2.24) is 30.4 Å². The molecule has 2 aromatic carbocycles. The van der Waals surface area contributed by atoms with Crippen molar-refractivity contribution in [2.75, 3.05) is 44.7 Å². The molecule has 37 heavy (non-hydrogen) atoms. The van der Waals surface area contributed by atoms with Gasteiger partial charge in [0.2, 0.25) is 5.91 Å². The lowest BCUT2D eigenvalue weighted by Crippen LogP contribution is -2.47. The summed E-state index contributed by atoms with van der Waals surface area (Å²) < 4.78 is 15.3. The van der Waals surface area contributed by atoms with Gasteiger partial charge in [-0.05, 0) is 54.4 Å². The fourth-order valence-electron chi connectivity index (χ4n) is 4.54. The van der Waals surface area contributed by atoms with Crippen LogP contribution in [0.2, 0.25) is 0 Å². The van der Waals surface area contributed by atoms with Crippen molar-refractivity contribution >= 4 is 40.8 Å². The highest BCUT2D eigenvalue weighted by Gasteiger charge is 2.26. The lowest BCUT2D eigenvalue weighted by molar-refractivity contribution is -0.145. The number of nitrogens with zero attached hydrogens (tertiary/aromatic N) is 5. The van der Waals surface area contributed by atoms with E-state index < -0.39 is 0 Å². The molecule has 0 fully saturated rings. The van der Waals surface area contributed by atoms with Crippen LogP contribution in [0, 0.1) is 12.7 Å². The van der Waals surface area contributed by atoms with E-state index >= 15 is 0 Å². The smallest absolute Gasteiger partial charge is 0.250 e. The highest BCUT2D eigenvalue weighted by atomic mass is 35.5. The summed E-state index contributed by atoms with van der Waals surface area (Å²) in [6, 6.07) is 8.69. The van der Waals surface area contributed by atoms with E-state index in [2.05, 4.69) is 15.7 Å². The zero-order valence-corrected chi connectivity index (χ0v) is 22.6. The molecule has 4 rings (SSSR count). The average Bonchev–Trinajstić information content (AvgIpc) is 3.42. The molecule has 0 radical (unpaired) electrons. The summed E-state index contributed by atoms with van der Waals surface area (Å²) in [7, 11) is 3.57. The molecule has 2 amide bonds. The molecule has 2 heterocycles. The third-order valence-corrected chi connectivity index (χ3v) is 6.50. The molecule has 1 aliphatic heterocycles. The van der Waals surface area contributed by atoms with E-state index in [-0.39, 0.29) is 43.1 Å². The summed E-state index contributed by atoms with van der Waals surface area (Å²) in [5.74, 6) is -0.562. The predicted molar refractivity (Wildman–Crippen MR) is 145 cm³/mol. The van der Waals surface area contributed by atoms with Gasteiger partial charge < -0.3 is 10.2 Å². The molecule has 1 aliphatic rings. The number of anilines is 1. The van der Waals surface area contributed by atoms with Crippen molar-refractivity contribution in [2.24, 2.45) is 7.05 Å². The molecule has 0 saturated carbocycles. The van der Waals surface area contributed by atoms with Crippen molar-refractivity contribution in [2.45, 2.75) is 26.9 Å². The van der Waals surface area contributed by atoms with E-state index in [1.165, 1.54) is 17.1 Å². The number of fused-ring (bicyclic) bond motifs is 2. The van der Waals surface area contributed by atoms with Gasteiger partial charge in [0.05, 0.1) is 18.6 Å². The number of rotatable bonds is 10. The molecule has 0 bridgehead atoms. The summed E-state index contributed by atoms with van der Waals surface area (Å²) in [6.45, 7) is 7.04. The normalized spacial score (nSPS) is 12.9. The van der Waals surface area contributed by atoms with Crippen LogP contribution in [0.15, 0.2) is 36.5 Å². The largest absolute Gasteiger partial charge is 0.315 e. The molecular formula is C26H35ClFN7O2. The molecule has 3 aromatic rings.